The highest BCUT2D eigenvalue weighted by atomic mass is 28.3. The highest BCUT2D eigenvalue weighted by Crippen LogP contribution is 2.56. The predicted octanol–water partition coefficient (Wildman–Crippen LogP) is 4.80. The minimum Gasteiger partial charge on any atom is -0.401 e. The van der Waals surface area contributed by atoms with Crippen LogP contribution in [0.5, 0.6) is 0 Å². The summed E-state index contributed by atoms with van der Waals surface area (Å²) in [6.45, 7) is 7.23. The predicted molar refractivity (Wildman–Crippen MR) is 111 cm³/mol. The Labute approximate surface area is 160 Å². The van der Waals surface area contributed by atoms with Crippen molar-refractivity contribution in [2.75, 3.05) is 0 Å². The SMILES string of the molecule is CC(C)(C)C1CC2CCCC2(O[Si](c2ccccc2)c2ccccc2)C1. The lowest BCUT2D eigenvalue weighted by Crippen LogP contribution is -2.52. The second-order valence-corrected chi connectivity index (χ2v) is 11.3. The van der Waals surface area contributed by atoms with Gasteiger partial charge in [0.25, 0.3) is 9.04 Å². The lowest BCUT2D eigenvalue weighted by molar-refractivity contribution is 0.0459. The van der Waals surface area contributed by atoms with Crippen LogP contribution in [0.1, 0.15) is 52.9 Å². The van der Waals surface area contributed by atoms with Crippen LogP contribution in [0.15, 0.2) is 60.7 Å². The topological polar surface area (TPSA) is 9.23 Å². The fourth-order valence-electron chi connectivity index (χ4n) is 5.06. The molecule has 2 saturated carbocycles. The van der Waals surface area contributed by atoms with Gasteiger partial charge in [-0.3, -0.25) is 0 Å². The van der Waals surface area contributed by atoms with E-state index in [4.69, 9.17) is 4.43 Å². The molecule has 0 heterocycles. The molecule has 1 radical (unpaired) electrons. The Morgan fingerprint density at radius 3 is 2.04 bits per heavy atom. The van der Waals surface area contributed by atoms with Crippen LogP contribution >= 0.6 is 0 Å². The van der Waals surface area contributed by atoms with Crippen molar-refractivity contribution < 1.29 is 4.43 Å². The van der Waals surface area contributed by atoms with Crippen molar-refractivity contribution in [1.29, 1.82) is 0 Å². The summed E-state index contributed by atoms with van der Waals surface area (Å²) in [7, 11) is -1.21. The third-order valence-corrected chi connectivity index (χ3v) is 8.99. The third kappa shape index (κ3) is 3.42. The Balaban J connectivity index is 1.67. The fraction of sp³-hybridized carbons (Fsp3) is 0.500. The molecule has 1 nitrogen and oxygen atoms in total. The van der Waals surface area contributed by atoms with Crippen LogP contribution in [0.3, 0.4) is 0 Å². The first kappa shape index (κ1) is 18.0. The van der Waals surface area contributed by atoms with Crippen molar-refractivity contribution in [3.63, 3.8) is 0 Å². The molecule has 3 atom stereocenters. The van der Waals surface area contributed by atoms with Gasteiger partial charge in [-0.15, -0.1) is 0 Å². The summed E-state index contributed by atoms with van der Waals surface area (Å²) < 4.78 is 7.22. The summed E-state index contributed by atoms with van der Waals surface area (Å²) >= 11 is 0. The van der Waals surface area contributed by atoms with Crippen LogP contribution in [0.25, 0.3) is 0 Å². The van der Waals surface area contributed by atoms with E-state index in [0.29, 0.717) is 5.41 Å². The molecule has 2 aromatic carbocycles. The van der Waals surface area contributed by atoms with Gasteiger partial charge in [-0.1, -0.05) is 87.9 Å². The molecule has 2 fully saturated rings. The molecule has 2 aromatic rings. The van der Waals surface area contributed by atoms with Gasteiger partial charge in [0.1, 0.15) is 0 Å². The van der Waals surface area contributed by atoms with E-state index >= 15 is 0 Å². The molecular weight excluding hydrogens is 332 g/mol. The molecule has 2 aliphatic carbocycles. The van der Waals surface area contributed by atoms with E-state index in [1.54, 1.807) is 0 Å². The molecule has 3 unspecified atom stereocenters. The molecule has 0 spiro atoms. The van der Waals surface area contributed by atoms with Gasteiger partial charge in [-0.05, 0) is 53.3 Å². The normalized spacial score (nSPS) is 28.5. The highest BCUT2D eigenvalue weighted by molar-refractivity contribution is 6.80. The van der Waals surface area contributed by atoms with Crippen LogP contribution in [-0.2, 0) is 4.43 Å². The lowest BCUT2D eigenvalue weighted by Gasteiger charge is -2.35. The van der Waals surface area contributed by atoms with Crippen molar-refractivity contribution in [1.82, 2.24) is 0 Å². The summed E-state index contributed by atoms with van der Waals surface area (Å²) in [4.78, 5) is 0. The van der Waals surface area contributed by atoms with Gasteiger partial charge in [0.15, 0.2) is 0 Å². The molecule has 0 saturated heterocycles. The van der Waals surface area contributed by atoms with E-state index in [0.717, 1.165) is 11.8 Å². The fourth-order valence-corrected chi connectivity index (χ4v) is 7.38. The Morgan fingerprint density at radius 2 is 1.50 bits per heavy atom. The van der Waals surface area contributed by atoms with Crippen molar-refractivity contribution >= 4 is 19.4 Å². The van der Waals surface area contributed by atoms with E-state index in [9.17, 15) is 0 Å². The molecule has 0 N–H and O–H groups in total. The zero-order valence-corrected chi connectivity index (χ0v) is 17.4. The third-order valence-electron chi connectivity index (χ3n) is 6.66. The van der Waals surface area contributed by atoms with Crippen LogP contribution in [0, 0.1) is 17.3 Å². The summed E-state index contributed by atoms with van der Waals surface area (Å²) in [6.07, 6.45) is 6.53. The maximum Gasteiger partial charge on any atom is 0.283 e. The number of benzene rings is 2. The van der Waals surface area contributed by atoms with Gasteiger partial charge < -0.3 is 4.43 Å². The maximum atomic E-state index is 7.22. The molecule has 0 aliphatic heterocycles. The average Bonchev–Trinajstić information content (AvgIpc) is 3.18. The number of hydrogen-bond acceptors (Lipinski definition) is 1. The van der Waals surface area contributed by atoms with E-state index < -0.39 is 9.04 Å². The smallest absolute Gasteiger partial charge is 0.283 e. The molecule has 26 heavy (non-hydrogen) atoms. The highest BCUT2D eigenvalue weighted by Gasteiger charge is 2.54. The lowest BCUT2D eigenvalue weighted by atomic mass is 9.78. The van der Waals surface area contributed by atoms with Crippen LogP contribution < -0.4 is 10.4 Å². The van der Waals surface area contributed by atoms with E-state index in [2.05, 4.69) is 81.4 Å². The molecule has 4 rings (SSSR count). The zero-order chi connectivity index (χ0) is 18.2. The Morgan fingerprint density at radius 1 is 0.923 bits per heavy atom. The quantitative estimate of drug-likeness (QED) is 0.709. The first-order valence-corrected chi connectivity index (χ1v) is 11.6. The molecule has 2 aliphatic rings. The van der Waals surface area contributed by atoms with Gasteiger partial charge in [0.2, 0.25) is 0 Å². The second kappa shape index (κ2) is 6.98. The Bertz CT molecular complexity index is 681. The first-order valence-electron chi connectivity index (χ1n) is 10.1. The standard InChI is InChI=1S/C24H31OSi/c1-23(2,3)20-17-19-11-10-16-24(19,18-20)25-26(21-12-6-4-7-13-21)22-14-8-5-9-15-22/h4-9,12-15,19-20H,10-11,16-18H2,1-3H3. The average molecular weight is 364 g/mol. The minimum atomic E-state index is -1.21. The molecular formula is C24H31OSi. The van der Waals surface area contributed by atoms with Crippen LogP contribution in [0.2, 0.25) is 0 Å². The summed E-state index contributed by atoms with van der Waals surface area (Å²) in [5.74, 6) is 1.53. The monoisotopic (exact) mass is 363 g/mol. The molecule has 0 bridgehead atoms. The van der Waals surface area contributed by atoms with E-state index in [-0.39, 0.29) is 5.60 Å². The van der Waals surface area contributed by atoms with Gasteiger partial charge >= 0.3 is 0 Å². The van der Waals surface area contributed by atoms with Crippen LogP contribution in [-0.4, -0.2) is 14.6 Å². The zero-order valence-electron chi connectivity index (χ0n) is 16.4. The molecule has 2 heteroatoms. The summed E-state index contributed by atoms with van der Waals surface area (Å²) in [5.41, 5.74) is 0.491. The Kier molecular flexibility index (Phi) is 4.83. The molecule has 0 amide bonds. The molecule has 137 valence electrons. The van der Waals surface area contributed by atoms with Gasteiger partial charge in [0.05, 0.1) is 5.60 Å². The minimum absolute atomic E-state index is 0.109. The van der Waals surface area contributed by atoms with Gasteiger partial charge in [0, 0.05) is 0 Å². The second-order valence-electron chi connectivity index (χ2n) is 9.32. The van der Waals surface area contributed by atoms with Gasteiger partial charge in [-0.2, -0.15) is 0 Å². The largest absolute Gasteiger partial charge is 0.401 e. The molecule has 0 aromatic heterocycles. The van der Waals surface area contributed by atoms with Gasteiger partial charge in [-0.25, -0.2) is 0 Å². The summed E-state index contributed by atoms with van der Waals surface area (Å²) in [5, 5.41) is 2.76. The van der Waals surface area contributed by atoms with E-state index in [1.807, 2.05) is 0 Å². The van der Waals surface area contributed by atoms with Crippen molar-refractivity contribution in [2.45, 2.75) is 58.5 Å². The van der Waals surface area contributed by atoms with Crippen LogP contribution in [0.4, 0.5) is 0 Å². The number of hydrogen-bond donors (Lipinski definition) is 0. The Hall–Kier alpha value is -1.38. The maximum absolute atomic E-state index is 7.22. The van der Waals surface area contributed by atoms with Crippen molar-refractivity contribution in [2.24, 2.45) is 17.3 Å². The number of rotatable bonds is 4. The summed E-state index contributed by atoms with van der Waals surface area (Å²) in [6, 6.07) is 21.9. The van der Waals surface area contributed by atoms with E-state index in [1.165, 1.54) is 42.5 Å². The van der Waals surface area contributed by atoms with Crippen molar-refractivity contribution in [3.8, 4) is 0 Å². The van der Waals surface area contributed by atoms with Crippen molar-refractivity contribution in [3.05, 3.63) is 60.7 Å². The number of fused-ring (bicyclic) bond motifs is 1. The first-order chi connectivity index (χ1) is 12.5.